The minimum Gasteiger partial charge on any atom is -0.480 e. The van der Waals surface area contributed by atoms with E-state index in [1.54, 1.807) is 11.3 Å². The Morgan fingerprint density at radius 3 is 2.79 bits per heavy atom. The Balaban J connectivity index is 2.66. The third kappa shape index (κ3) is 2.82. The highest BCUT2D eigenvalue weighted by molar-refractivity contribution is 7.08. The molecule has 0 amide bonds. The summed E-state index contributed by atoms with van der Waals surface area (Å²) in [6.07, 6.45) is 2.52. The molecule has 4 heteroatoms. The van der Waals surface area contributed by atoms with Gasteiger partial charge in [0.05, 0.1) is 0 Å². The minimum atomic E-state index is -0.932. The molecule has 0 aliphatic rings. The number of carboxylic acids is 1. The van der Waals surface area contributed by atoms with Gasteiger partial charge in [-0.25, -0.2) is 0 Å². The van der Waals surface area contributed by atoms with Crippen molar-refractivity contribution in [1.82, 2.24) is 0 Å². The summed E-state index contributed by atoms with van der Waals surface area (Å²) in [4.78, 5) is 10.6. The third-order valence-electron chi connectivity index (χ3n) is 2.11. The van der Waals surface area contributed by atoms with Gasteiger partial charge in [-0.1, -0.05) is 13.3 Å². The van der Waals surface area contributed by atoms with Crippen LogP contribution in [0.15, 0.2) is 10.8 Å². The van der Waals surface area contributed by atoms with Crippen LogP contribution in [-0.4, -0.2) is 17.1 Å². The van der Waals surface area contributed by atoms with Crippen molar-refractivity contribution in [2.45, 2.75) is 32.2 Å². The second-order valence-corrected chi connectivity index (χ2v) is 4.06. The second-order valence-electron chi connectivity index (χ2n) is 3.32. The molecule has 1 aromatic rings. The van der Waals surface area contributed by atoms with Crippen molar-refractivity contribution in [3.8, 4) is 0 Å². The highest BCUT2D eigenvalue weighted by Gasteiger charge is 2.14. The van der Waals surface area contributed by atoms with Crippen LogP contribution in [-0.2, 0) is 17.6 Å². The highest BCUT2D eigenvalue weighted by atomic mass is 32.1. The lowest BCUT2D eigenvalue weighted by Gasteiger charge is -2.06. The quantitative estimate of drug-likeness (QED) is 0.781. The van der Waals surface area contributed by atoms with Gasteiger partial charge in [-0.2, -0.15) is 11.3 Å². The van der Waals surface area contributed by atoms with Crippen molar-refractivity contribution in [2.24, 2.45) is 5.73 Å². The van der Waals surface area contributed by atoms with Crippen LogP contribution in [0, 0.1) is 0 Å². The van der Waals surface area contributed by atoms with Crippen LogP contribution in [0.25, 0.3) is 0 Å². The van der Waals surface area contributed by atoms with E-state index in [-0.39, 0.29) is 0 Å². The third-order valence-corrected chi connectivity index (χ3v) is 2.95. The maximum Gasteiger partial charge on any atom is 0.320 e. The summed E-state index contributed by atoms with van der Waals surface area (Å²) >= 11 is 1.61. The Labute approximate surface area is 87.6 Å². The number of hydrogen-bond acceptors (Lipinski definition) is 3. The number of nitrogens with two attached hydrogens (primary N) is 1. The number of thiophene rings is 1. The molecule has 0 aliphatic heterocycles. The first-order valence-electron chi connectivity index (χ1n) is 4.67. The molecule has 0 aliphatic carbocycles. The average Bonchev–Trinajstić information content (AvgIpc) is 2.53. The predicted molar refractivity (Wildman–Crippen MR) is 57.6 cm³/mol. The Morgan fingerprint density at radius 1 is 1.57 bits per heavy atom. The molecular formula is C10H15NO2S. The van der Waals surface area contributed by atoms with Gasteiger partial charge in [0.15, 0.2) is 0 Å². The summed E-state index contributed by atoms with van der Waals surface area (Å²) < 4.78 is 0. The highest BCUT2D eigenvalue weighted by Crippen LogP contribution is 2.18. The zero-order chi connectivity index (χ0) is 10.6. The topological polar surface area (TPSA) is 63.3 Å². The number of hydrogen-bond donors (Lipinski definition) is 2. The van der Waals surface area contributed by atoms with Crippen LogP contribution in [0.3, 0.4) is 0 Å². The second kappa shape index (κ2) is 5.12. The molecule has 0 radical (unpaired) electrons. The molecule has 0 saturated heterocycles. The molecule has 1 unspecified atom stereocenters. The molecule has 1 atom stereocenters. The summed E-state index contributed by atoms with van der Waals surface area (Å²) in [7, 11) is 0. The molecule has 0 aromatic carbocycles. The normalized spacial score (nSPS) is 12.7. The summed E-state index contributed by atoms with van der Waals surface area (Å²) in [5.74, 6) is -0.932. The van der Waals surface area contributed by atoms with Gasteiger partial charge in [-0.3, -0.25) is 4.79 Å². The van der Waals surface area contributed by atoms with Crippen molar-refractivity contribution >= 4 is 17.3 Å². The maximum atomic E-state index is 10.6. The van der Waals surface area contributed by atoms with Gasteiger partial charge in [-0.15, -0.1) is 0 Å². The lowest BCUT2D eigenvalue weighted by molar-refractivity contribution is -0.138. The van der Waals surface area contributed by atoms with Crippen LogP contribution in [0.5, 0.6) is 0 Å². The van der Waals surface area contributed by atoms with Crippen LogP contribution >= 0.6 is 11.3 Å². The standard InChI is InChI=1S/C10H15NO2S/c1-2-3-7-5-14-6-8(7)4-9(11)10(12)13/h5-6,9H,2-4,11H2,1H3,(H,12,13). The molecule has 1 rings (SSSR count). The van der Waals surface area contributed by atoms with Crippen molar-refractivity contribution < 1.29 is 9.90 Å². The van der Waals surface area contributed by atoms with E-state index in [0.717, 1.165) is 18.4 Å². The number of carbonyl (C=O) groups is 1. The Kier molecular flexibility index (Phi) is 4.10. The van der Waals surface area contributed by atoms with Gasteiger partial charge in [0.1, 0.15) is 6.04 Å². The fourth-order valence-electron chi connectivity index (χ4n) is 1.34. The molecular weight excluding hydrogens is 198 g/mol. The van der Waals surface area contributed by atoms with Crippen LogP contribution < -0.4 is 5.73 Å². The van der Waals surface area contributed by atoms with Gasteiger partial charge in [0, 0.05) is 0 Å². The van der Waals surface area contributed by atoms with Crippen molar-refractivity contribution in [2.75, 3.05) is 0 Å². The summed E-state index contributed by atoms with van der Waals surface area (Å²) in [5, 5.41) is 12.8. The molecule has 78 valence electrons. The molecule has 14 heavy (non-hydrogen) atoms. The molecule has 0 fully saturated rings. The van der Waals surface area contributed by atoms with Gasteiger partial charge >= 0.3 is 5.97 Å². The molecule has 1 aromatic heterocycles. The lowest BCUT2D eigenvalue weighted by atomic mass is 10.0. The number of aliphatic carboxylic acids is 1. The number of carboxylic acid groups (broad SMARTS) is 1. The van der Waals surface area contributed by atoms with Crippen LogP contribution in [0.1, 0.15) is 24.5 Å². The number of rotatable bonds is 5. The number of aryl methyl sites for hydroxylation is 1. The molecule has 1 heterocycles. The average molecular weight is 213 g/mol. The fourth-order valence-corrected chi connectivity index (χ4v) is 2.26. The van der Waals surface area contributed by atoms with E-state index in [1.807, 2.05) is 5.38 Å². The van der Waals surface area contributed by atoms with Crippen LogP contribution in [0.4, 0.5) is 0 Å². The molecule has 0 bridgehead atoms. The van der Waals surface area contributed by atoms with Gasteiger partial charge in [0.2, 0.25) is 0 Å². The first kappa shape index (κ1) is 11.2. The van der Waals surface area contributed by atoms with Crippen molar-refractivity contribution in [3.05, 3.63) is 21.9 Å². The maximum absolute atomic E-state index is 10.6. The Hall–Kier alpha value is -0.870. The van der Waals surface area contributed by atoms with E-state index in [9.17, 15) is 4.79 Å². The molecule has 0 saturated carbocycles. The van der Waals surface area contributed by atoms with Crippen molar-refractivity contribution in [3.63, 3.8) is 0 Å². The zero-order valence-electron chi connectivity index (χ0n) is 8.19. The van der Waals surface area contributed by atoms with Crippen molar-refractivity contribution in [1.29, 1.82) is 0 Å². The zero-order valence-corrected chi connectivity index (χ0v) is 9.01. The SMILES string of the molecule is CCCc1cscc1CC(N)C(=O)O. The van der Waals surface area contributed by atoms with Crippen LogP contribution in [0.2, 0.25) is 0 Å². The van der Waals surface area contributed by atoms with E-state index in [4.69, 9.17) is 10.8 Å². The van der Waals surface area contributed by atoms with E-state index >= 15 is 0 Å². The fraction of sp³-hybridized carbons (Fsp3) is 0.500. The van der Waals surface area contributed by atoms with Gasteiger partial charge < -0.3 is 10.8 Å². The summed E-state index contributed by atoms with van der Waals surface area (Å²) in [5.41, 5.74) is 7.81. The van der Waals surface area contributed by atoms with E-state index < -0.39 is 12.0 Å². The van der Waals surface area contributed by atoms with E-state index in [1.165, 1.54) is 5.56 Å². The molecule has 3 nitrogen and oxygen atoms in total. The Morgan fingerprint density at radius 2 is 2.21 bits per heavy atom. The minimum absolute atomic E-state index is 0.439. The lowest BCUT2D eigenvalue weighted by Crippen LogP contribution is -2.32. The molecule has 0 spiro atoms. The van der Waals surface area contributed by atoms with Gasteiger partial charge in [-0.05, 0) is 34.7 Å². The summed E-state index contributed by atoms with van der Waals surface area (Å²) in [6, 6.07) is -0.778. The monoisotopic (exact) mass is 213 g/mol. The first-order chi connectivity index (χ1) is 6.65. The molecule has 3 N–H and O–H groups in total. The predicted octanol–water partition coefficient (Wildman–Crippen LogP) is 1.66. The van der Waals surface area contributed by atoms with E-state index in [2.05, 4.69) is 12.3 Å². The van der Waals surface area contributed by atoms with Gasteiger partial charge in [0.25, 0.3) is 0 Å². The summed E-state index contributed by atoms with van der Waals surface area (Å²) in [6.45, 7) is 2.11. The van der Waals surface area contributed by atoms with E-state index in [0.29, 0.717) is 6.42 Å². The first-order valence-corrected chi connectivity index (χ1v) is 5.61. The smallest absolute Gasteiger partial charge is 0.320 e. The largest absolute Gasteiger partial charge is 0.480 e. The Bertz CT molecular complexity index is 309.